The minimum Gasteiger partial charge on any atom is -0.466 e. The van der Waals surface area contributed by atoms with Crippen molar-refractivity contribution in [3.8, 4) is 0 Å². The second-order valence-electron chi connectivity index (χ2n) is 4.40. The Morgan fingerprint density at radius 1 is 1.41 bits per heavy atom. The lowest BCUT2D eigenvalue weighted by molar-refractivity contribution is -0.143. The monoisotopic (exact) mass is 239 g/mol. The second-order valence-corrected chi connectivity index (χ2v) is 4.40. The van der Waals surface area contributed by atoms with Crippen LogP contribution in [-0.2, 0) is 9.53 Å². The third kappa shape index (κ3) is 7.75. The third-order valence-electron chi connectivity index (χ3n) is 2.56. The van der Waals surface area contributed by atoms with Gasteiger partial charge in [-0.3, -0.25) is 4.79 Å². The number of carbonyl (C=O) groups excluding carboxylic acids is 1. The lowest BCUT2D eigenvalue weighted by Crippen LogP contribution is -2.24. The maximum atomic E-state index is 10.4. The largest absolute Gasteiger partial charge is 0.466 e. The predicted octanol–water partition coefficient (Wildman–Crippen LogP) is 2.82. The van der Waals surface area contributed by atoms with E-state index in [9.17, 15) is 4.79 Å². The molecule has 17 heavy (non-hydrogen) atoms. The fourth-order valence-corrected chi connectivity index (χ4v) is 1.36. The molecule has 0 aromatic rings. The van der Waals surface area contributed by atoms with Gasteiger partial charge in [0, 0.05) is 18.4 Å². The molecule has 0 bridgehead atoms. The topological polar surface area (TPSA) is 52.3 Å². The zero-order valence-electron chi connectivity index (χ0n) is 11.2. The summed E-state index contributed by atoms with van der Waals surface area (Å²) in [6, 6.07) is 0. The molecule has 0 saturated carbocycles. The van der Waals surface area contributed by atoms with E-state index in [2.05, 4.69) is 36.0 Å². The standard InChI is InChI=1S/C8H13N.C6H12O2/c1-8(7-9)5-3-2-4-6-8;1-3-5-6(7)8-4-2/h2-5H,6-7,9H2,1H3;3-5H2,1-2H3. The minimum atomic E-state index is -0.0880. The summed E-state index contributed by atoms with van der Waals surface area (Å²) >= 11 is 0. The van der Waals surface area contributed by atoms with Crippen LogP contribution in [0.5, 0.6) is 0 Å². The maximum Gasteiger partial charge on any atom is 0.305 e. The molecule has 3 heteroatoms. The highest BCUT2D eigenvalue weighted by molar-refractivity contribution is 5.69. The quantitative estimate of drug-likeness (QED) is 0.767. The van der Waals surface area contributed by atoms with E-state index in [1.165, 1.54) is 0 Å². The number of esters is 1. The minimum absolute atomic E-state index is 0.0880. The average Bonchev–Trinajstić information content (AvgIpc) is 2.32. The van der Waals surface area contributed by atoms with Crippen molar-refractivity contribution in [2.24, 2.45) is 11.1 Å². The van der Waals surface area contributed by atoms with E-state index in [-0.39, 0.29) is 11.4 Å². The molecule has 0 radical (unpaired) electrons. The number of hydrogen-bond acceptors (Lipinski definition) is 3. The van der Waals surface area contributed by atoms with Crippen molar-refractivity contribution in [2.45, 2.75) is 40.0 Å². The highest BCUT2D eigenvalue weighted by Gasteiger charge is 2.17. The number of allylic oxidation sites excluding steroid dienone is 3. The van der Waals surface area contributed by atoms with Crippen molar-refractivity contribution in [3.05, 3.63) is 24.3 Å². The summed E-state index contributed by atoms with van der Waals surface area (Å²) < 4.78 is 4.64. The van der Waals surface area contributed by atoms with E-state index in [1.54, 1.807) is 0 Å². The summed E-state index contributed by atoms with van der Waals surface area (Å²) in [5.74, 6) is -0.0880. The molecule has 0 saturated heterocycles. The van der Waals surface area contributed by atoms with Gasteiger partial charge < -0.3 is 10.5 Å². The van der Waals surface area contributed by atoms with Crippen molar-refractivity contribution in [3.63, 3.8) is 0 Å². The van der Waals surface area contributed by atoms with Crippen LogP contribution < -0.4 is 5.73 Å². The van der Waals surface area contributed by atoms with E-state index >= 15 is 0 Å². The van der Waals surface area contributed by atoms with Crippen LogP contribution >= 0.6 is 0 Å². The molecule has 98 valence electrons. The number of carbonyl (C=O) groups is 1. The summed E-state index contributed by atoms with van der Waals surface area (Å²) in [7, 11) is 0. The van der Waals surface area contributed by atoms with Gasteiger partial charge in [0.25, 0.3) is 0 Å². The Labute approximate surface area is 105 Å². The molecular weight excluding hydrogens is 214 g/mol. The van der Waals surface area contributed by atoms with E-state index in [1.807, 2.05) is 13.8 Å². The molecular formula is C14H25NO2. The van der Waals surface area contributed by atoms with Gasteiger partial charge in [-0.25, -0.2) is 0 Å². The van der Waals surface area contributed by atoms with Gasteiger partial charge in [-0.1, -0.05) is 38.2 Å². The van der Waals surface area contributed by atoms with Crippen LogP contribution in [0.1, 0.15) is 40.0 Å². The number of rotatable bonds is 4. The summed E-state index contributed by atoms with van der Waals surface area (Å²) in [5.41, 5.74) is 5.78. The van der Waals surface area contributed by atoms with Crippen molar-refractivity contribution in [2.75, 3.05) is 13.2 Å². The molecule has 0 aromatic carbocycles. The highest BCUT2D eigenvalue weighted by Crippen LogP contribution is 2.24. The summed E-state index contributed by atoms with van der Waals surface area (Å²) in [6.07, 6.45) is 11.0. The van der Waals surface area contributed by atoms with Crippen LogP contribution in [0.4, 0.5) is 0 Å². The van der Waals surface area contributed by atoms with Crippen molar-refractivity contribution in [1.82, 2.24) is 0 Å². The molecule has 0 aliphatic heterocycles. The molecule has 3 nitrogen and oxygen atoms in total. The van der Waals surface area contributed by atoms with Crippen LogP contribution in [0.15, 0.2) is 24.3 Å². The molecule has 1 unspecified atom stereocenters. The first kappa shape index (κ1) is 15.9. The lowest BCUT2D eigenvalue weighted by Gasteiger charge is -2.23. The fraction of sp³-hybridized carbons (Fsp3) is 0.643. The SMILES string of the molecule is CC1(CN)C=CC=CC1.CCCC(=O)OCC. The van der Waals surface area contributed by atoms with E-state index in [4.69, 9.17) is 5.73 Å². The molecule has 1 aliphatic carbocycles. The van der Waals surface area contributed by atoms with Gasteiger partial charge in [0.05, 0.1) is 6.61 Å². The fourth-order valence-electron chi connectivity index (χ4n) is 1.36. The predicted molar refractivity (Wildman–Crippen MR) is 71.6 cm³/mol. The van der Waals surface area contributed by atoms with Gasteiger partial charge in [0.1, 0.15) is 0 Å². The highest BCUT2D eigenvalue weighted by atomic mass is 16.5. The van der Waals surface area contributed by atoms with Gasteiger partial charge in [-0.15, -0.1) is 0 Å². The Hall–Kier alpha value is -1.09. The molecule has 0 spiro atoms. The normalized spacial score (nSPS) is 21.6. The summed E-state index contributed by atoms with van der Waals surface area (Å²) in [5, 5.41) is 0. The first-order chi connectivity index (χ1) is 8.08. The Balaban J connectivity index is 0.000000304. The maximum absolute atomic E-state index is 10.4. The van der Waals surface area contributed by atoms with E-state index < -0.39 is 0 Å². The van der Waals surface area contributed by atoms with Crippen LogP contribution in [0.25, 0.3) is 0 Å². The molecule has 1 atom stereocenters. The molecule has 0 amide bonds. The Kier molecular flexibility index (Phi) is 8.42. The lowest BCUT2D eigenvalue weighted by atomic mass is 9.84. The molecule has 2 N–H and O–H groups in total. The van der Waals surface area contributed by atoms with Crippen molar-refractivity contribution in [1.29, 1.82) is 0 Å². The van der Waals surface area contributed by atoms with Gasteiger partial charge in [-0.2, -0.15) is 0 Å². The van der Waals surface area contributed by atoms with Crippen molar-refractivity contribution >= 4 is 5.97 Å². The zero-order chi connectivity index (χ0) is 13.1. The molecule has 1 aliphatic rings. The van der Waals surface area contributed by atoms with Gasteiger partial charge in [0.15, 0.2) is 0 Å². The van der Waals surface area contributed by atoms with E-state index in [0.717, 1.165) is 19.4 Å². The molecule has 0 aromatic heterocycles. The second kappa shape index (κ2) is 8.99. The zero-order valence-corrected chi connectivity index (χ0v) is 11.2. The van der Waals surface area contributed by atoms with Crippen LogP contribution in [0.3, 0.4) is 0 Å². The average molecular weight is 239 g/mol. The number of ether oxygens (including phenoxy) is 1. The van der Waals surface area contributed by atoms with Crippen LogP contribution in [0.2, 0.25) is 0 Å². The first-order valence-corrected chi connectivity index (χ1v) is 6.28. The van der Waals surface area contributed by atoms with E-state index in [0.29, 0.717) is 13.0 Å². The van der Waals surface area contributed by atoms with Gasteiger partial charge in [0.2, 0.25) is 0 Å². The summed E-state index contributed by atoms with van der Waals surface area (Å²) in [4.78, 5) is 10.4. The Morgan fingerprint density at radius 3 is 2.47 bits per heavy atom. The van der Waals surface area contributed by atoms with Crippen LogP contribution in [-0.4, -0.2) is 19.1 Å². The summed E-state index contributed by atoms with van der Waals surface area (Å²) in [6.45, 7) is 7.18. The third-order valence-corrected chi connectivity index (χ3v) is 2.56. The number of hydrogen-bond donors (Lipinski definition) is 1. The molecule has 1 rings (SSSR count). The molecule has 0 heterocycles. The smallest absolute Gasteiger partial charge is 0.305 e. The van der Waals surface area contributed by atoms with Gasteiger partial charge >= 0.3 is 5.97 Å². The number of nitrogens with two attached hydrogens (primary N) is 1. The van der Waals surface area contributed by atoms with Gasteiger partial charge in [-0.05, 0) is 19.8 Å². The Bertz CT molecular complexity index is 263. The Morgan fingerprint density at radius 2 is 2.12 bits per heavy atom. The van der Waals surface area contributed by atoms with Crippen LogP contribution in [0, 0.1) is 5.41 Å². The van der Waals surface area contributed by atoms with Crippen molar-refractivity contribution < 1.29 is 9.53 Å². The molecule has 0 fully saturated rings. The first-order valence-electron chi connectivity index (χ1n) is 6.28.